The molecule has 0 saturated carbocycles. The first-order chi connectivity index (χ1) is 9.78. The van der Waals surface area contributed by atoms with E-state index in [9.17, 15) is 0 Å². The lowest BCUT2D eigenvalue weighted by Gasteiger charge is -2.07. The monoisotopic (exact) mass is 355 g/mol. The topological polar surface area (TPSA) is 30.5 Å². The van der Waals surface area contributed by atoms with Gasteiger partial charge in [0.1, 0.15) is 12.4 Å². The first-order valence-corrected chi connectivity index (χ1v) is 8.09. The number of benzene rings is 1. The van der Waals surface area contributed by atoms with Gasteiger partial charge in [0, 0.05) is 34.9 Å². The summed E-state index contributed by atoms with van der Waals surface area (Å²) in [6.45, 7) is 3.06. The molecule has 2 rings (SSSR count). The van der Waals surface area contributed by atoms with E-state index >= 15 is 0 Å². The molecule has 0 radical (unpaired) electrons. The van der Waals surface area contributed by atoms with E-state index in [2.05, 4.69) is 44.8 Å². The molecule has 0 atom stereocenters. The van der Waals surface area contributed by atoms with E-state index in [4.69, 9.17) is 9.47 Å². The van der Waals surface area contributed by atoms with Gasteiger partial charge in [-0.25, -0.2) is 0 Å². The summed E-state index contributed by atoms with van der Waals surface area (Å²) in [4.78, 5) is 1.21. The van der Waals surface area contributed by atoms with Crippen LogP contribution in [0.25, 0.3) is 0 Å². The van der Waals surface area contributed by atoms with Crippen LogP contribution in [-0.4, -0.2) is 20.3 Å². The molecule has 0 spiro atoms. The lowest BCUT2D eigenvalue weighted by molar-refractivity contribution is 0.199. The van der Waals surface area contributed by atoms with Gasteiger partial charge in [0.25, 0.3) is 0 Å². The van der Waals surface area contributed by atoms with Crippen molar-refractivity contribution in [2.24, 2.45) is 0 Å². The van der Waals surface area contributed by atoms with Crippen LogP contribution >= 0.6 is 27.3 Å². The quantitative estimate of drug-likeness (QED) is 0.730. The van der Waals surface area contributed by atoms with Crippen molar-refractivity contribution in [2.45, 2.75) is 13.2 Å². The molecular weight excluding hydrogens is 338 g/mol. The molecule has 5 heteroatoms. The summed E-state index contributed by atoms with van der Waals surface area (Å²) >= 11 is 5.14. The van der Waals surface area contributed by atoms with Crippen LogP contribution in [0.2, 0.25) is 0 Å². The molecule has 0 bridgehead atoms. The van der Waals surface area contributed by atoms with Crippen molar-refractivity contribution in [3.63, 3.8) is 0 Å². The minimum absolute atomic E-state index is 0.613. The highest BCUT2D eigenvalue weighted by Crippen LogP contribution is 2.21. The maximum atomic E-state index is 5.75. The molecule has 1 N–H and O–H groups in total. The summed E-state index contributed by atoms with van der Waals surface area (Å²) in [5.41, 5.74) is 1.24. The SMILES string of the molecule is COCCNCc1ccc(OCc2cc(Br)cs2)cc1. The Balaban J connectivity index is 1.76. The van der Waals surface area contributed by atoms with Crippen LogP contribution in [0.15, 0.2) is 40.2 Å². The number of thiophene rings is 1. The molecule has 108 valence electrons. The van der Waals surface area contributed by atoms with Crippen LogP contribution in [0.3, 0.4) is 0 Å². The van der Waals surface area contributed by atoms with E-state index in [1.807, 2.05) is 12.1 Å². The summed E-state index contributed by atoms with van der Waals surface area (Å²) in [5, 5.41) is 5.38. The second-order valence-corrected chi connectivity index (χ2v) is 6.24. The fraction of sp³-hybridized carbons (Fsp3) is 0.333. The van der Waals surface area contributed by atoms with Crippen molar-refractivity contribution in [3.8, 4) is 5.75 Å². The van der Waals surface area contributed by atoms with Crippen molar-refractivity contribution in [2.75, 3.05) is 20.3 Å². The Morgan fingerprint density at radius 3 is 2.70 bits per heavy atom. The second kappa shape index (κ2) is 8.42. The Labute approximate surface area is 132 Å². The van der Waals surface area contributed by atoms with Gasteiger partial charge >= 0.3 is 0 Å². The average molecular weight is 356 g/mol. The maximum absolute atomic E-state index is 5.75. The normalized spacial score (nSPS) is 10.7. The standard InChI is InChI=1S/C15H18BrNO2S/c1-18-7-6-17-9-12-2-4-14(5-3-12)19-10-15-8-13(16)11-20-15/h2-5,8,11,17H,6-7,9-10H2,1H3. The summed E-state index contributed by atoms with van der Waals surface area (Å²) in [6.07, 6.45) is 0. The lowest BCUT2D eigenvalue weighted by atomic mass is 10.2. The van der Waals surface area contributed by atoms with Crippen LogP contribution in [0, 0.1) is 0 Å². The van der Waals surface area contributed by atoms with Gasteiger partial charge in [0.05, 0.1) is 6.61 Å². The summed E-state index contributed by atoms with van der Waals surface area (Å²) in [7, 11) is 1.71. The van der Waals surface area contributed by atoms with E-state index in [1.165, 1.54) is 10.4 Å². The zero-order chi connectivity index (χ0) is 14.2. The third-order valence-electron chi connectivity index (χ3n) is 2.74. The summed E-state index contributed by atoms with van der Waals surface area (Å²) < 4.78 is 11.9. The van der Waals surface area contributed by atoms with Crippen LogP contribution < -0.4 is 10.1 Å². The third-order valence-corrected chi connectivity index (χ3v) is 4.41. The van der Waals surface area contributed by atoms with Crippen LogP contribution in [0.1, 0.15) is 10.4 Å². The molecule has 0 amide bonds. The zero-order valence-corrected chi connectivity index (χ0v) is 13.8. The lowest BCUT2D eigenvalue weighted by Crippen LogP contribution is -2.18. The van der Waals surface area contributed by atoms with Crippen molar-refractivity contribution >= 4 is 27.3 Å². The molecule has 0 aliphatic carbocycles. The third kappa shape index (κ3) is 5.25. The number of hydrogen-bond donors (Lipinski definition) is 1. The highest BCUT2D eigenvalue weighted by molar-refractivity contribution is 9.10. The smallest absolute Gasteiger partial charge is 0.122 e. The fourth-order valence-electron chi connectivity index (χ4n) is 1.69. The average Bonchev–Trinajstić information content (AvgIpc) is 2.88. The van der Waals surface area contributed by atoms with Crippen molar-refractivity contribution in [3.05, 3.63) is 50.6 Å². The van der Waals surface area contributed by atoms with E-state index in [0.717, 1.165) is 29.9 Å². The van der Waals surface area contributed by atoms with E-state index in [-0.39, 0.29) is 0 Å². The molecule has 0 unspecified atom stereocenters. The van der Waals surface area contributed by atoms with Gasteiger partial charge < -0.3 is 14.8 Å². The number of halogens is 1. The molecule has 2 aromatic rings. The van der Waals surface area contributed by atoms with Crippen LogP contribution in [-0.2, 0) is 17.9 Å². The Kier molecular flexibility index (Phi) is 6.53. The predicted molar refractivity (Wildman–Crippen MR) is 86.4 cm³/mol. The summed E-state index contributed by atoms with van der Waals surface area (Å²) in [5.74, 6) is 0.898. The highest BCUT2D eigenvalue weighted by atomic mass is 79.9. The van der Waals surface area contributed by atoms with E-state index in [1.54, 1.807) is 18.4 Å². The van der Waals surface area contributed by atoms with E-state index < -0.39 is 0 Å². The number of nitrogens with one attached hydrogen (secondary N) is 1. The molecule has 1 aromatic carbocycles. The first kappa shape index (κ1) is 15.5. The van der Waals surface area contributed by atoms with Gasteiger partial charge in [-0.05, 0) is 39.7 Å². The summed E-state index contributed by atoms with van der Waals surface area (Å²) in [6, 6.07) is 10.3. The number of rotatable bonds is 8. The van der Waals surface area contributed by atoms with Gasteiger partial charge in [-0.3, -0.25) is 0 Å². The van der Waals surface area contributed by atoms with Gasteiger partial charge in [-0.15, -0.1) is 11.3 Å². The van der Waals surface area contributed by atoms with Gasteiger partial charge in [-0.1, -0.05) is 12.1 Å². The Hall–Kier alpha value is -0.880. The van der Waals surface area contributed by atoms with Gasteiger partial charge in [0.2, 0.25) is 0 Å². The number of methoxy groups -OCH3 is 1. The Bertz CT molecular complexity index is 513. The Morgan fingerprint density at radius 2 is 2.05 bits per heavy atom. The molecule has 0 saturated heterocycles. The minimum Gasteiger partial charge on any atom is -0.488 e. The molecule has 0 fully saturated rings. The highest BCUT2D eigenvalue weighted by Gasteiger charge is 2.00. The van der Waals surface area contributed by atoms with Crippen molar-refractivity contribution < 1.29 is 9.47 Å². The maximum Gasteiger partial charge on any atom is 0.122 e. The van der Waals surface area contributed by atoms with Crippen molar-refractivity contribution in [1.82, 2.24) is 5.32 Å². The zero-order valence-electron chi connectivity index (χ0n) is 11.4. The van der Waals surface area contributed by atoms with E-state index in [0.29, 0.717) is 6.61 Å². The van der Waals surface area contributed by atoms with Gasteiger partial charge in [0.15, 0.2) is 0 Å². The molecule has 0 aliphatic rings. The van der Waals surface area contributed by atoms with Gasteiger partial charge in [-0.2, -0.15) is 0 Å². The van der Waals surface area contributed by atoms with Crippen LogP contribution in [0.4, 0.5) is 0 Å². The van der Waals surface area contributed by atoms with Crippen molar-refractivity contribution in [1.29, 1.82) is 0 Å². The largest absolute Gasteiger partial charge is 0.488 e. The van der Waals surface area contributed by atoms with Crippen LogP contribution in [0.5, 0.6) is 5.75 Å². The molecule has 1 heterocycles. The molecule has 20 heavy (non-hydrogen) atoms. The molecule has 0 aliphatic heterocycles. The number of ether oxygens (including phenoxy) is 2. The minimum atomic E-state index is 0.613. The number of hydrogen-bond acceptors (Lipinski definition) is 4. The Morgan fingerprint density at radius 1 is 1.25 bits per heavy atom. The predicted octanol–water partition coefficient (Wildman–Crippen LogP) is 3.83. The molecule has 1 aromatic heterocycles. The molecule has 3 nitrogen and oxygen atoms in total. The second-order valence-electron chi connectivity index (χ2n) is 4.33. The molecular formula is C15H18BrNO2S. The fourth-order valence-corrected chi connectivity index (χ4v) is 3.06. The first-order valence-electron chi connectivity index (χ1n) is 6.42.